The summed E-state index contributed by atoms with van der Waals surface area (Å²) in [5, 5.41) is 2.63. The molecular formula is C35H38F4N4O. The first-order chi connectivity index (χ1) is 21.0. The first-order valence-corrected chi connectivity index (χ1v) is 15.4. The predicted octanol–water partition coefficient (Wildman–Crippen LogP) is 8.33. The lowest BCUT2D eigenvalue weighted by Gasteiger charge is -2.45. The van der Waals surface area contributed by atoms with Gasteiger partial charge >= 0.3 is 6.18 Å². The van der Waals surface area contributed by atoms with Crippen LogP contribution in [-0.4, -0.2) is 39.5 Å². The maximum absolute atomic E-state index is 14.7. The fourth-order valence-corrected chi connectivity index (χ4v) is 7.20. The van der Waals surface area contributed by atoms with E-state index in [1.54, 1.807) is 0 Å². The van der Waals surface area contributed by atoms with Crippen LogP contribution in [0.15, 0.2) is 60.7 Å². The number of aryl methyl sites for hydroxylation is 2. The topological polar surface area (TPSA) is 50.2 Å². The lowest BCUT2D eigenvalue weighted by molar-refractivity contribution is -0.137. The number of carbonyl (C=O) groups is 1. The number of aromatic nitrogens is 2. The van der Waals surface area contributed by atoms with Gasteiger partial charge in [0.1, 0.15) is 11.6 Å². The molecule has 1 aliphatic carbocycles. The van der Waals surface area contributed by atoms with Gasteiger partial charge in [-0.3, -0.25) is 4.79 Å². The number of piperidine rings is 1. The quantitative estimate of drug-likeness (QED) is 0.233. The zero-order valence-corrected chi connectivity index (χ0v) is 25.3. The van der Waals surface area contributed by atoms with Crippen LogP contribution in [0.1, 0.15) is 61.9 Å². The summed E-state index contributed by atoms with van der Waals surface area (Å²) < 4.78 is 55.9. The second-order valence-corrected chi connectivity index (χ2v) is 12.5. The van der Waals surface area contributed by atoms with Gasteiger partial charge in [-0.2, -0.15) is 13.2 Å². The van der Waals surface area contributed by atoms with E-state index in [2.05, 4.69) is 69.2 Å². The standard InChI is InChI=1S/C35H38F4N4O/c1-21-28(24-9-7-23(8-10-24)25-11-14-33-32(17-25)40-22(2)42(33)3)19-27(43-15-5-4-6-16-43)20-29(21)34(44)41-31-13-12-26(18-30(31)36)35(37,38)39/h7-14,17-18,21,27-29H,4-6,15-16,19-20H2,1-3H3,(H,41,44)/t21-,27+,28?,29?/m1/s1. The van der Waals surface area contributed by atoms with Crippen LogP contribution < -0.4 is 5.32 Å². The molecule has 232 valence electrons. The molecule has 4 atom stereocenters. The van der Waals surface area contributed by atoms with Crippen molar-refractivity contribution in [2.75, 3.05) is 18.4 Å². The van der Waals surface area contributed by atoms with Crippen molar-refractivity contribution in [1.29, 1.82) is 0 Å². The van der Waals surface area contributed by atoms with Gasteiger partial charge in [0.25, 0.3) is 0 Å². The third-order valence-electron chi connectivity index (χ3n) is 9.90. The summed E-state index contributed by atoms with van der Waals surface area (Å²) in [5.41, 5.74) is 4.05. The van der Waals surface area contributed by atoms with Gasteiger partial charge in [0.2, 0.25) is 5.91 Å². The molecule has 6 rings (SSSR count). The molecule has 44 heavy (non-hydrogen) atoms. The van der Waals surface area contributed by atoms with Gasteiger partial charge in [-0.25, -0.2) is 9.37 Å². The van der Waals surface area contributed by atoms with Gasteiger partial charge in [-0.15, -0.1) is 0 Å². The van der Waals surface area contributed by atoms with Crippen molar-refractivity contribution in [3.05, 3.63) is 83.4 Å². The summed E-state index contributed by atoms with van der Waals surface area (Å²) in [6, 6.07) is 17.3. The van der Waals surface area contributed by atoms with Crippen LogP contribution in [0, 0.1) is 24.6 Å². The fourth-order valence-electron chi connectivity index (χ4n) is 7.20. The van der Waals surface area contributed by atoms with Crippen molar-refractivity contribution in [3.63, 3.8) is 0 Å². The molecule has 1 N–H and O–H groups in total. The third kappa shape index (κ3) is 5.99. The molecule has 2 fully saturated rings. The van der Waals surface area contributed by atoms with E-state index in [0.29, 0.717) is 12.5 Å². The van der Waals surface area contributed by atoms with E-state index in [4.69, 9.17) is 0 Å². The highest BCUT2D eigenvalue weighted by Gasteiger charge is 2.42. The van der Waals surface area contributed by atoms with Crippen molar-refractivity contribution in [2.45, 2.75) is 64.1 Å². The third-order valence-corrected chi connectivity index (χ3v) is 9.90. The number of amides is 1. The molecule has 1 aromatic heterocycles. The number of rotatable bonds is 5. The second kappa shape index (κ2) is 12.0. The van der Waals surface area contributed by atoms with Crippen molar-refractivity contribution in [2.24, 2.45) is 18.9 Å². The van der Waals surface area contributed by atoms with E-state index < -0.39 is 23.5 Å². The minimum atomic E-state index is -4.66. The lowest BCUT2D eigenvalue weighted by atomic mass is 9.67. The molecule has 1 saturated carbocycles. The molecule has 1 saturated heterocycles. The number of carbonyl (C=O) groups excluding carboxylic acids is 1. The van der Waals surface area contributed by atoms with Crippen molar-refractivity contribution < 1.29 is 22.4 Å². The zero-order valence-electron chi connectivity index (χ0n) is 25.3. The summed E-state index contributed by atoms with van der Waals surface area (Å²) >= 11 is 0. The van der Waals surface area contributed by atoms with Gasteiger partial charge in [-0.1, -0.05) is 43.7 Å². The van der Waals surface area contributed by atoms with E-state index in [-0.39, 0.29) is 29.5 Å². The Kier molecular flexibility index (Phi) is 8.26. The Hall–Kier alpha value is -3.72. The smallest absolute Gasteiger partial charge is 0.331 e. The van der Waals surface area contributed by atoms with Gasteiger partial charge in [0, 0.05) is 19.0 Å². The van der Waals surface area contributed by atoms with Crippen LogP contribution in [0.2, 0.25) is 0 Å². The Morgan fingerprint density at radius 1 is 0.932 bits per heavy atom. The average Bonchev–Trinajstić information content (AvgIpc) is 3.30. The van der Waals surface area contributed by atoms with Crippen molar-refractivity contribution in [3.8, 4) is 11.1 Å². The lowest BCUT2D eigenvalue weighted by Crippen LogP contribution is -2.48. The van der Waals surface area contributed by atoms with Crippen molar-refractivity contribution >= 4 is 22.6 Å². The van der Waals surface area contributed by atoms with E-state index in [9.17, 15) is 22.4 Å². The van der Waals surface area contributed by atoms with Crippen LogP contribution >= 0.6 is 0 Å². The number of nitrogens with one attached hydrogen (secondary N) is 1. The minimum Gasteiger partial charge on any atom is -0.331 e. The monoisotopic (exact) mass is 606 g/mol. The number of alkyl halides is 3. The molecule has 1 aliphatic heterocycles. The SMILES string of the molecule is Cc1nc2cc(-c3ccc(C4C[C@H](N5CCCCC5)CC(C(=O)Nc5ccc(C(F)(F)F)cc5F)[C@@H]4C)cc3)ccc2n1C. The zero-order chi connectivity index (χ0) is 31.2. The summed E-state index contributed by atoms with van der Waals surface area (Å²) in [6.45, 7) is 6.03. The Labute approximate surface area is 255 Å². The summed E-state index contributed by atoms with van der Waals surface area (Å²) in [7, 11) is 2.01. The minimum absolute atomic E-state index is 0.0488. The summed E-state index contributed by atoms with van der Waals surface area (Å²) in [5.74, 6) is -0.849. The van der Waals surface area contributed by atoms with Crippen LogP contribution in [-0.2, 0) is 18.0 Å². The largest absolute Gasteiger partial charge is 0.416 e. The summed E-state index contributed by atoms with van der Waals surface area (Å²) in [6.07, 6.45) is 0.339. The van der Waals surface area contributed by atoms with Gasteiger partial charge in [-0.05, 0) is 105 Å². The highest BCUT2D eigenvalue weighted by Crippen LogP contribution is 2.44. The van der Waals surface area contributed by atoms with Crippen LogP contribution in [0.4, 0.5) is 23.2 Å². The number of fused-ring (bicyclic) bond motifs is 1. The van der Waals surface area contributed by atoms with Crippen LogP contribution in [0.5, 0.6) is 0 Å². The van der Waals surface area contributed by atoms with E-state index in [1.165, 1.54) is 6.42 Å². The number of halogens is 4. The molecule has 2 unspecified atom stereocenters. The van der Waals surface area contributed by atoms with Crippen LogP contribution in [0.25, 0.3) is 22.2 Å². The average molecular weight is 607 g/mol. The van der Waals surface area contributed by atoms with Gasteiger partial charge in [0.05, 0.1) is 22.3 Å². The van der Waals surface area contributed by atoms with E-state index in [1.807, 2.05) is 14.0 Å². The molecule has 0 bridgehead atoms. The van der Waals surface area contributed by atoms with Gasteiger partial charge in [0.15, 0.2) is 0 Å². The molecule has 2 aliphatic rings. The molecule has 3 aromatic carbocycles. The second-order valence-electron chi connectivity index (χ2n) is 12.5. The maximum Gasteiger partial charge on any atom is 0.416 e. The van der Waals surface area contributed by atoms with Crippen LogP contribution in [0.3, 0.4) is 0 Å². The number of imidazole rings is 1. The fraction of sp³-hybridized carbons (Fsp3) is 0.429. The molecule has 0 spiro atoms. The Balaban J connectivity index is 1.25. The van der Waals surface area contributed by atoms with Gasteiger partial charge < -0.3 is 14.8 Å². The molecule has 4 aromatic rings. The number of nitrogens with zero attached hydrogens (tertiary/aromatic N) is 3. The Bertz CT molecular complexity index is 1660. The Morgan fingerprint density at radius 3 is 2.32 bits per heavy atom. The van der Waals surface area contributed by atoms with E-state index >= 15 is 0 Å². The maximum atomic E-state index is 14.7. The molecule has 5 nitrogen and oxygen atoms in total. The first-order valence-electron chi connectivity index (χ1n) is 15.4. The molecule has 2 heterocycles. The predicted molar refractivity (Wildman–Crippen MR) is 165 cm³/mol. The first kappa shape index (κ1) is 30.3. The number of likely N-dealkylation sites (tertiary alicyclic amines) is 1. The van der Waals surface area contributed by atoms with E-state index in [0.717, 1.165) is 78.0 Å². The molecule has 1 amide bonds. The Morgan fingerprint density at radius 2 is 1.64 bits per heavy atom. The molecule has 9 heteroatoms. The molecule has 0 radical (unpaired) electrons. The highest BCUT2D eigenvalue weighted by atomic mass is 19.4. The van der Waals surface area contributed by atoms with Crippen molar-refractivity contribution in [1.82, 2.24) is 14.5 Å². The number of hydrogen-bond donors (Lipinski definition) is 1. The number of hydrogen-bond acceptors (Lipinski definition) is 3. The summed E-state index contributed by atoms with van der Waals surface area (Å²) in [4.78, 5) is 20.8. The molecular weight excluding hydrogens is 568 g/mol. The normalized spacial score (nSPS) is 23.2. The highest BCUT2D eigenvalue weighted by molar-refractivity contribution is 5.93. The number of anilines is 1. The number of benzene rings is 3.